The maximum Gasteiger partial charge on any atom is 0.451 e. The molecule has 0 spiro atoms. The van der Waals surface area contributed by atoms with Gasteiger partial charge in [0, 0.05) is 25.0 Å². The number of carboxylic acid groups (broad SMARTS) is 1. The van der Waals surface area contributed by atoms with Crippen LogP contribution in [0, 0.1) is 5.92 Å². The Kier molecular flexibility index (Phi) is 10.7. The van der Waals surface area contributed by atoms with Crippen molar-refractivity contribution >= 4 is 43.8 Å². The first-order valence-electron chi connectivity index (χ1n) is 10.3. The molecule has 11 heteroatoms. The number of nitrogens with two attached hydrogens (primary N) is 1. The number of carboxylic acids is 1. The SMILES string of the molecule is Cl.Cl.N[C@@H](Cc1ccccc1)C(=O)N1CC[C@H]2[C@@H]1CN[C@@]2(CCCCB(O)O)C(=O)O. The van der Waals surface area contributed by atoms with Crippen LogP contribution in [0.1, 0.15) is 31.2 Å². The molecule has 31 heavy (non-hydrogen) atoms. The van der Waals surface area contributed by atoms with Crippen molar-refractivity contribution in [2.45, 2.75) is 56.0 Å². The van der Waals surface area contributed by atoms with Crippen LogP contribution in [0.5, 0.6) is 0 Å². The molecule has 2 fully saturated rings. The summed E-state index contributed by atoms with van der Waals surface area (Å²) in [5, 5.41) is 31.1. The van der Waals surface area contributed by atoms with E-state index in [4.69, 9.17) is 15.8 Å². The first-order chi connectivity index (χ1) is 13.8. The molecule has 174 valence electrons. The highest BCUT2D eigenvalue weighted by Gasteiger charge is 2.58. The lowest BCUT2D eigenvalue weighted by Gasteiger charge is -2.31. The topological polar surface area (TPSA) is 136 Å². The third-order valence-electron chi connectivity index (χ3n) is 6.37. The monoisotopic (exact) mass is 475 g/mol. The summed E-state index contributed by atoms with van der Waals surface area (Å²) in [7, 11) is -1.37. The van der Waals surface area contributed by atoms with Crippen LogP contribution < -0.4 is 11.1 Å². The lowest BCUT2D eigenvalue weighted by atomic mass is 9.77. The fourth-order valence-corrected chi connectivity index (χ4v) is 4.89. The van der Waals surface area contributed by atoms with Gasteiger partial charge in [0.15, 0.2) is 0 Å². The number of carbonyl (C=O) groups excluding carboxylic acids is 1. The van der Waals surface area contributed by atoms with E-state index < -0.39 is 24.7 Å². The van der Waals surface area contributed by atoms with E-state index in [1.165, 1.54) is 0 Å². The first-order valence-corrected chi connectivity index (χ1v) is 10.3. The minimum absolute atomic E-state index is 0. The van der Waals surface area contributed by atoms with Crippen LogP contribution in [0.2, 0.25) is 6.32 Å². The summed E-state index contributed by atoms with van der Waals surface area (Å²) >= 11 is 0. The molecule has 2 aliphatic rings. The zero-order chi connectivity index (χ0) is 21.0. The van der Waals surface area contributed by atoms with E-state index in [0.29, 0.717) is 45.2 Å². The van der Waals surface area contributed by atoms with E-state index in [9.17, 15) is 14.7 Å². The number of hydrogen-bond acceptors (Lipinski definition) is 6. The minimum Gasteiger partial charge on any atom is -0.480 e. The molecule has 1 aromatic carbocycles. The highest BCUT2D eigenvalue weighted by Crippen LogP contribution is 2.41. The fraction of sp³-hybridized carbons (Fsp3) is 0.600. The van der Waals surface area contributed by atoms with Crippen molar-refractivity contribution in [1.29, 1.82) is 0 Å². The lowest BCUT2D eigenvalue weighted by Crippen LogP contribution is -2.52. The maximum absolute atomic E-state index is 13.0. The number of rotatable bonds is 9. The fourth-order valence-electron chi connectivity index (χ4n) is 4.89. The normalized spacial score (nSPS) is 25.2. The molecule has 2 aliphatic heterocycles. The average molecular weight is 476 g/mol. The molecule has 1 aromatic rings. The smallest absolute Gasteiger partial charge is 0.451 e. The Labute approximate surface area is 195 Å². The number of fused-ring (bicyclic) bond motifs is 1. The van der Waals surface area contributed by atoms with Gasteiger partial charge in [0.1, 0.15) is 5.54 Å². The Morgan fingerprint density at radius 1 is 1.23 bits per heavy atom. The van der Waals surface area contributed by atoms with E-state index in [2.05, 4.69) is 5.32 Å². The Morgan fingerprint density at radius 3 is 2.52 bits per heavy atom. The second-order valence-electron chi connectivity index (χ2n) is 8.17. The number of nitrogens with one attached hydrogen (secondary N) is 1. The zero-order valence-electron chi connectivity index (χ0n) is 17.4. The van der Waals surface area contributed by atoms with Gasteiger partial charge in [-0.05, 0) is 31.1 Å². The van der Waals surface area contributed by atoms with Crippen LogP contribution in [-0.4, -0.2) is 69.8 Å². The molecule has 8 nitrogen and oxygen atoms in total. The highest BCUT2D eigenvalue weighted by molar-refractivity contribution is 6.40. The van der Waals surface area contributed by atoms with E-state index >= 15 is 0 Å². The molecule has 0 saturated carbocycles. The van der Waals surface area contributed by atoms with Crippen LogP contribution >= 0.6 is 24.8 Å². The van der Waals surface area contributed by atoms with Crippen molar-refractivity contribution in [3.05, 3.63) is 35.9 Å². The van der Waals surface area contributed by atoms with E-state index in [1.807, 2.05) is 30.3 Å². The van der Waals surface area contributed by atoms with Crippen molar-refractivity contribution in [2.24, 2.45) is 11.7 Å². The number of aliphatic carboxylic acids is 1. The van der Waals surface area contributed by atoms with E-state index in [1.54, 1.807) is 4.90 Å². The number of hydrogen-bond donors (Lipinski definition) is 5. The summed E-state index contributed by atoms with van der Waals surface area (Å²) < 4.78 is 0. The van der Waals surface area contributed by atoms with Gasteiger partial charge in [-0.15, -0.1) is 24.8 Å². The van der Waals surface area contributed by atoms with Gasteiger partial charge < -0.3 is 25.8 Å². The third kappa shape index (κ3) is 6.12. The summed E-state index contributed by atoms with van der Waals surface area (Å²) in [4.78, 5) is 26.9. The standard InChI is InChI=1S/C20H30BN3O5.2ClH/c22-16(12-14-6-2-1-3-7-14)18(25)24-11-8-15-17(24)13-23-20(15,19(26)27)9-4-5-10-21(28)29;;/h1-3,6-7,15-17,23,28-29H,4-5,8-13,22H2,(H,26,27);2*1H/t15-,16-,17-,20+;;/m0../s1. The Morgan fingerprint density at radius 2 is 1.90 bits per heavy atom. The van der Waals surface area contributed by atoms with Gasteiger partial charge in [-0.1, -0.05) is 43.2 Å². The van der Waals surface area contributed by atoms with Crippen LogP contribution in [0.4, 0.5) is 0 Å². The van der Waals surface area contributed by atoms with Crippen molar-refractivity contribution in [3.8, 4) is 0 Å². The van der Waals surface area contributed by atoms with Crippen LogP contribution in [0.15, 0.2) is 30.3 Å². The Balaban J connectivity index is 0.00000240. The van der Waals surface area contributed by atoms with Crippen molar-refractivity contribution < 1.29 is 24.7 Å². The molecule has 3 rings (SSSR count). The molecule has 2 saturated heterocycles. The number of unbranched alkanes of at least 4 members (excludes halogenated alkanes) is 1. The molecular formula is C20H32BCl2N3O5. The van der Waals surface area contributed by atoms with Gasteiger partial charge in [-0.3, -0.25) is 14.9 Å². The molecule has 0 bridgehead atoms. The number of amides is 1. The van der Waals surface area contributed by atoms with Gasteiger partial charge in [-0.2, -0.15) is 0 Å². The van der Waals surface area contributed by atoms with Crippen LogP contribution in [-0.2, 0) is 16.0 Å². The quantitative estimate of drug-likeness (QED) is 0.261. The van der Waals surface area contributed by atoms with Crippen LogP contribution in [0.3, 0.4) is 0 Å². The molecule has 6 N–H and O–H groups in total. The van der Waals surface area contributed by atoms with Crippen molar-refractivity contribution in [1.82, 2.24) is 10.2 Å². The summed E-state index contributed by atoms with van der Waals surface area (Å²) in [6, 6.07) is 8.79. The molecule has 2 heterocycles. The average Bonchev–Trinajstić information content (AvgIpc) is 3.26. The van der Waals surface area contributed by atoms with Crippen molar-refractivity contribution in [2.75, 3.05) is 13.1 Å². The number of nitrogens with zero attached hydrogens (tertiary/aromatic N) is 1. The second kappa shape index (κ2) is 12.0. The number of carbonyl (C=O) groups is 2. The zero-order valence-corrected chi connectivity index (χ0v) is 19.0. The molecule has 0 radical (unpaired) electrons. The third-order valence-corrected chi connectivity index (χ3v) is 6.37. The van der Waals surface area contributed by atoms with Gasteiger partial charge in [0.2, 0.25) is 5.91 Å². The summed E-state index contributed by atoms with van der Waals surface area (Å²) in [6.07, 6.45) is 2.81. The Bertz CT molecular complexity index is 730. The minimum atomic E-state index is -1.37. The predicted octanol–water partition coefficient (Wildman–Crippen LogP) is 0.687. The van der Waals surface area contributed by atoms with Gasteiger partial charge in [0.25, 0.3) is 0 Å². The summed E-state index contributed by atoms with van der Waals surface area (Å²) in [6.45, 7) is 0.951. The molecular weight excluding hydrogens is 444 g/mol. The highest BCUT2D eigenvalue weighted by atomic mass is 35.5. The van der Waals surface area contributed by atoms with Gasteiger partial charge >= 0.3 is 13.1 Å². The van der Waals surface area contributed by atoms with Crippen molar-refractivity contribution in [3.63, 3.8) is 0 Å². The second-order valence-corrected chi connectivity index (χ2v) is 8.17. The molecule has 0 unspecified atom stereocenters. The largest absolute Gasteiger partial charge is 0.480 e. The number of benzene rings is 1. The number of halogens is 2. The van der Waals surface area contributed by atoms with E-state index in [0.717, 1.165) is 5.56 Å². The summed E-state index contributed by atoms with van der Waals surface area (Å²) in [5.41, 5.74) is 6.11. The van der Waals surface area contributed by atoms with Gasteiger partial charge in [-0.25, -0.2) is 0 Å². The molecule has 4 atom stereocenters. The lowest BCUT2D eigenvalue weighted by molar-refractivity contribution is -0.146. The predicted molar refractivity (Wildman–Crippen MR) is 123 cm³/mol. The first kappa shape index (κ1) is 27.7. The molecule has 0 aliphatic carbocycles. The molecule has 1 amide bonds. The van der Waals surface area contributed by atoms with Gasteiger partial charge in [0.05, 0.1) is 6.04 Å². The Hall–Kier alpha value is -1.36. The van der Waals surface area contributed by atoms with E-state index in [-0.39, 0.29) is 49.0 Å². The summed E-state index contributed by atoms with van der Waals surface area (Å²) in [5.74, 6) is -1.21. The van der Waals surface area contributed by atoms with Crippen LogP contribution in [0.25, 0.3) is 0 Å². The molecule has 0 aromatic heterocycles. The maximum atomic E-state index is 13.0. The number of likely N-dealkylation sites (tertiary alicyclic amines) is 1.